The molecule has 1 saturated carbocycles. The van der Waals surface area contributed by atoms with Gasteiger partial charge in [-0.25, -0.2) is 0 Å². The van der Waals surface area contributed by atoms with E-state index in [1.807, 2.05) is 18.2 Å². The van der Waals surface area contributed by atoms with Crippen LogP contribution in [0.3, 0.4) is 0 Å². The Bertz CT molecular complexity index is 879. The molecule has 0 aromatic heterocycles. The Kier molecular flexibility index (Phi) is 9.04. The van der Waals surface area contributed by atoms with Crippen molar-refractivity contribution >= 4 is 5.91 Å². The van der Waals surface area contributed by atoms with E-state index >= 15 is 0 Å². The Balaban J connectivity index is 1.38. The number of phenolic OH excluding ortho intramolecular Hbond substituents is 1. The van der Waals surface area contributed by atoms with E-state index in [-0.39, 0.29) is 18.1 Å². The average molecular weight is 444 g/mol. The summed E-state index contributed by atoms with van der Waals surface area (Å²) in [5.41, 5.74) is 1.58. The standard InChI is InChI=1S/C25H33NO6/c1-29-21-12-11-18(15-23(21)30-2)16-24(27)26-13-6-14-31-22-10-5-7-19(25(22)28)17-32-20-8-3-4-9-20/h5,7,10-12,15,20,28H,3-4,6,8-9,13-14,16-17H2,1-2H3,(H,26,27). The monoisotopic (exact) mass is 443 g/mol. The molecule has 3 rings (SSSR count). The molecule has 7 heteroatoms. The van der Waals surface area contributed by atoms with Crippen LogP contribution in [0.25, 0.3) is 0 Å². The number of ether oxygens (including phenoxy) is 4. The van der Waals surface area contributed by atoms with Crippen molar-refractivity contribution in [3.63, 3.8) is 0 Å². The van der Waals surface area contributed by atoms with Crippen molar-refractivity contribution in [3.8, 4) is 23.0 Å². The fourth-order valence-electron chi connectivity index (χ4n) is 3.78. The lowest BCUT2D eigenvalue weighted by atomic mass is 10.1. The maximum absolute atomic E-state index is 12.2. The Morgan fingerprint density at radius 1 is 1.06 bits per heavy atom. The Hall–Kier alpha value is -2.93. The number of carbonyl (C=O) groups is 1. The quantitative estimate of drug-likeness (QED) is 0.483. The summed E-state index contributed by atoms with van der Waals surface area (Å²) < 4.78 is 22.1. The summed E-state index contributed by atoms with van der Waals surface area (Å²) in [5, 5.41) is 13.3. The first-order valence-electron chi connectivity index (χ1n) is 11.1. The average Bonchev–Trinajstić information content (AvgIpc) is 3.32. The molecule has 2 aromatic carbocycles. The van der Waals surface area contributed by atoms with Gasteiger partial charge in [0.05, 0.1) is 40.0 Å². The predicted molar refractivity (Wildman–Crippen MR) is 122 cm³/mol. The molecule has 32 heavy (non-hydrogen) atoms. The van der Waals surface area contributed by atoms with E-state index < -0.39 is 0 Å². The molecule has 1 fully saturated rings. The van der Waals surface area contributed by atoms with Gasteiger partial charge in [-0.1, -0.05) is 31.0 Å². The van der Waals surface area contributed by atoms with Crippen molar-refractivity contribution in [1.29, 1.82) is 0 Å². The molecule has 2 aromatic rings. The molecule has 1 amide bonds. The zero-order valence-corrected chi connectivity index (χ0v) is 18.9. The fraction of sp³-hybridized carbons (Fsp3) is 0.480. The van der Waals surface area contributed by atoms with Crippen LogP contribution in [-0.4, -0.2) is 44.5 Å². The number of methoxy groups -OCH3 is 2. The zero-order valence-electron chi connectivity index (χ0n) is 18.9. The molecule has 7 nitrogen and oxygen atoms in total. The van der Waals surface area contributed by atoms with E-state index in [0.29, 0.717) is 49.5 Å². The van der Waals surface area contributed by atoms with Crippen LogP contribution in [0.4, 0.5) is 0 Å². The number of phenols is 1. The molecular formula is C25H33NO6. The third-order valence-electron chi connectivity index (χ3n) is 5.57. The number of hydrogen-bond donors (Lipinski definition) is 2. The van der Waals surface area contributed by atoms with Crippen LogP contribution in [0.15, 0.2) is 36.4 Å². The van der Waals surface area contributed by atoms with E-state index in [2.05, 4.69) is 5.32 Å². The second kappa shape index (κ2) is 12.2. The highest BCUT2D eigenvalue weighted by molar-refractivity contribution is 5.78. The van der Waals surface area contributed by atoms with Gasteiger partial charge in [0.1, 0.15) is 0 Å². The van der Waals surface area contributed by atoms with Crippen LogP contribution in [0.5, 0.6) is 23.0 Å². The van der Waals surface area contributed by atoms with Crippen molar-refractivity contribution < 1.29 is 28.8 Å². The summed E-state index contributed by atoms with van der Waals surface area (Å²) in [5.74, 6) is 1.72. The smallest absolute Gasteiger partial charge is 0.224 e. The van der Waals surface area contributed by atoms with Crippen LogP contribution in [0.1, 0.15) is 43.2 Å². The summed E-state index contributed by atoms with van der Waals surface area (Å²) in [6.07, 6.45) is 5.78. The highest BCUT2D eigenvalue weighted by Gasteiger charge is 2.17. The molecule has 0 aliphatic heterocycles. The minimum Gasteiger partial charge on any atom is -0.504 e. The molecule has 0 atom stereocenters. The second-order valence-corrected chi connectivity index (χ2v) is 7.90. The van der Waals surface area contributed by atoms with E-state index in [1.54, 1.807) is 32.4 Å². The van der Waals surface area contributed by atoms with Gasteiger partial charge in [-0.3, -0.25) is 4.79 Å². The first kappa shape index (κ1) is 23.7. The van der Waals surface area contributed by atoms with E-state index in [4.69, 9.17) is 18.9 Å². The predicted octanol–water partition coefficient (Wildman–Crippen LogP) is 4.00. The van der Waals surface area contributed by atoms with Crippen molar-refractivity contribution in [3.05, 3.63) is 47.5 Å². The number of carbonyl (C=O) groups excluding carboxylic acids is 1. The largest absolute Gasteiger partial charge is 0.504 e. The minimum absolute atomic E-state index is 0.0777. The molecule has 0 saturated heterocycles. The highest BCUT2D eigenvalue weighted by atomic mass is 16.5. The SMILES string of the molecule is COc1ccc(CC(=O)NCCCOc2cccc(COC3CCCC3)c2O)cc1OC. The Labute approximate surface area is 189 Å². The molecule has 0 heterocycles. The Morgan fingerprint density at radius 3 is 2.59 bits per heavy atom. The van der Waals surface area contributed by atoms with Gasteiger partial charge in [-0.15, -0.1) is 0 Å². The van der Waals surface area contributed by atoms with Crippen molar-refractivity contribution in [2.75, 3.05) is 27.4 Å². The summed E-state index contributed by atoms with van der Waals surface area (Å²) in [6.45, 7) is 1.26. The first-order chi connectivity index (χ1) is 15.6. The number of hydrogen-bond acceptors (Lipinski definition) is 6. The maximum atomic E-state index is 12.2. The van der Waals surface area contributed by atoms with E-state index in [1.165, 1.54) is 12.8 Å². The van der Waals surface area contributed by atoms with Crippen LogP contribution in [-0.2, 0) is 22.6 Å². The molecule has 2 N–H and O–H groups in total. The molecular weight excluding hydrogens is 410 g/mol. The molecule has 0 radical (unpaired) electrons. The van der Waals surface area contributed by atoms with Crippen LogP contribution in [0.2, 0.25) is 0 Å². The van der Waals surface area contributed by atoms with Crippen molar-refractivity contribution in [2.45, 2.75) is 51.2 Å². The summed E-state index contributed by atoms with van der Waals surface area (Å²) in [6, 6.07) is 10.9. The summed E-state index contributed by atoms with van der Waals surface area (Å²) in [4.78, 5) is 12.2. The second-order valence-electron chi connectivity index (χ2n) is 7.90. The zero-order chi connectivity index (χ0) is 22.8. The number of para-hydroxylation sites is 1. The van der Waals surface area contributed by atoms with Gasteiger partial charge >= 0.3 is 0 Å². The maximum Gasteiger partial charge on any atom is 0.224 e. The number of aromatic hydroxyl groups is 1. The van der Waals surface area contributed by atoms with Crippen molar-refractivity contribution in [2.24, 2.45) is 0 Å². The third-order valence-corrected chi connectivity index (χ3v) is 5.57. The minimum atomic E-state index is -0.0777. The van der Waals surface area contributed by atoms with Crippen LogP contribution in [0, 0.1) is 0 Å². The molecule has 1 aliphatic rings. The van der Waals surface area contributed by atoms with Crippen LogP contribution >= 0.6 is 0 Å². The summed E-state index contributed by atoms with van der Waals surface area (Å²) in [7, 11) is 3.14. The normalized spacial score (nSPS) is 13.7. The molecule has 0 bridgehead atoms. The van der Waals surface area contributed by atoms with Gasteiger partial charge in [0.25, 0.3) is 0 Å². The highest BCUT2D eigenvalue weighted by Crippen LogP contribution is 2.32. The molecule has 1 aliphatic carbocycles. The van der Waals surface area contributed by atoms with Gasteiger partial charge in [0, 0.05) is 12.1 Å². The third kappa shape index (κ3) is 6.79. The fourth-order valence-corrected chi connectivity index (χ4v) is 3.78. The number of nitrogens with one attached hydrogen (secondary N) is 1. The van der Waals surface area contributed by atoms with E-state index in [0.717, 1.165) is 24.0 Å². The Morgan fingerprint density at radius 2 is 1.84 bits per heavy atom. The number of benzene rings is 2. The summed E-state index contributed by atoms with van der Waals surface area (Å²) >= 11 is 0. The van der Waals surface area contributed by atoms with Gasteiger partial charge in [-0.2, -0.15) is 0 Å². The van der Waals surface area contributed by atoms with Gasteiger partial charge < -0.3 is 29.4 Å². The molecule has 174 valence electrons. The first-order valence-corrected chi connectivity index (χ1v) is 11.1. The lowest BCUT2D eigenvalue weighted by Crippen LogP contribution is -2.27. The lowest BCUT2D eigenvalue weighted by Gasteiger charge is -2.14. The number of amides is 1. The van der Waals surface area contributed by atoms with Gasteiger partial charge in [-0.05, 0) is 43.0 Å². The van der Waals surface area contributed by atoms with Gasteiger partial charge in [0.2, 0.25) is 5.91 Å². The topological polar surface area (TPSA) is 86.3 Å². The van der Waals surface area contributed by atoms with Crippen LogP contribution < -0.4 is 19.5 Å². The lowest BCUT2D eigenvalue weighted by molar-refractivity contribution is -0.120. The molecule has 0 spiro atoms. The molecule has 0 unspecified atom stereocenters. The number of rotatable bonds is 12. The van der Waals surface area contributed by atoms with E-state index in [9.17, 15) is 9.90 Å². The van der Waals surface area contributed by atoms with Gasteiger partial charge in [0.15, 0.2) is 23.0 Å². The van der Waals surface area contributed by atoms with Crippen molar-refractivity contribution in [1.82, 2.24) is 5.32 Å².